The first-order valence-corrected chi connectivity index (χ1v) is 11.9. The number of benzene rings is 2. The third-order valence-electron chi connectivity index (χ3n) is 6.88. The molecule has 2 aromatic rings. The summed E-state index contributed by atoms with van der Waals surface area (Å²) in [5, 5.41) is 5.83. The fourth-order valence-electron chi connectivity index (χ4n) is 4.83. The number of carbonyl (C=O) groups excluding carboxylic acids is 2. The van der Waals surface area contributed by atoms with Gasteiger partial charge in [0.05, 0.1) is 12.7 Å². The third-order valence-corrected chi connectivity index (χ3v) is 6.88. The number of fused-ring (bicyclic) bond motifs is 1. The lowest BCUT2D eigenvalue weighted by Gasteiger charge is -2.35. The summed E-state index contributed by atoms with van der Waals surface area (Å²) in [7, 11) is 1.60. The second-order valence-electron chi connectivity index (χ2n) is 9.21. The van der Waals surface area contributed by atoms with Crippen molar-refractivity contribution in [3.05, 3.63) is 64.7 Å². The lowest BCUT2D eigenvalue weighted by Crippen LogP contribution is -2.46. The maximum Gasteiger partial charge on any atom is 0.416 e. The molecule has 35 heavy (non-hydrogen) atoms. The lowest BCUT2D eigenvalue weighted by atomic mass is 9.84. The summed E-state index contributed by atoms with van der Waals surface area (Å²) in [4.78, 5) is 27.0. The Morgan fingerprint density at radius 1 is 1.03 bits per heavy atom. The van der Waals surface area contributed by atoms with Crippen molar-refractivity contribution in [2.45, 2.75) is 57.4 Å². The Balaban J connectivity index is 1.23. The number of amides is 3. The minimum absolute atomic E-state index is 0.00420. The number of nitrogens with one attached hydrogen (secondary N) is 2. The van der Waals surface area contributed by atoms with Gasteiger partial charge in [0.1, 0.15) is 5.75 Å². The number of carbonyl (C=O) groups is 2. The maximum atomic E-state index is 13.1. The van der Waals surface area contributed by atoms with Gasteiger partial charge in [0.25, 0.3) is 0 Å². The highest BCUT2D eigenvalue weighted by Gasteiger charge is 2.34. The zero-order valence-electron chi connectivity index (χ0n) is 19.7. The summed E-state index contributed by atoms with van der Waals surface area (Å²) in [5.74, 6) is 0.586. The van der Waals surface area contributed by atoms with Crippen LogP contribution in [0.4, 0.5) is 18.0 Å². The average Bonchev–Trinajstić information content (AvgIpc) is 2.86. The van der Waals surface area contributed by atoms with Crippen LogP contribution in [0.2, 0.25) is 0 Å². The first-order chi connectivity index (χ1) is 16.7. The molecule has 1 heterocycles. The zero-order valence-corrected chi connectivity index (χ0v) is 19.7. The van der Waals surface area contributed by atoms with Crippen molar-refractivity contribution in [3.63, 3.8) is 0 Å². The zero-order chi connectivity index (χ0) is 25.0. The number of methoxy groups -OCH3 is 1. The van der Waals surface area contributed by atoms with Crippen LogP contribution in [0.15, 0.2) is 42.5 Å². The van der Waals surface area contributed by atoms with Gasteiger partial charge in [-0.3, -0.25) is 4.79 Å². The number of hydrogen-bond donors (Lipinski definition) is 2. The molecule has 1 saturated carbocycles. The maximum absolute atomic E-state index is 13.1. The van der Waals surface area contributed by atoms with Crippen LogP contribution in [0.5, 0.6) is 5.75 Å². The molecule has 188 valence electrons. The van der Waals surface area contributed by atoms with Crippen LogP contribution in [0.1, 0.15) is 47.9 Å². The van der Waals surface area contributed by atoms with Gasteiger partial charge in [-0.2, -0.15) is 13.2 Å². The van der Waals surface area contributed by atoms with Crippen LogP contribution < -0.4 is 15.4 Å². The molecular formula is C26H30F3N3O3. The highest BCUT2D eigenvalue weighted by atomic mass is 19.4. The van der Waals surface area contributed by atoms with Crippen LogP contribution in [-0.4, -0.2) is 36.5 Å². The van der Waals surface area contributed by atoms with Gasteiger partial charge in [0.2, 0.25) is 5.91 Å². The van der Waals surface area contributed by atoms with Crippen LogP contribution in [-0.2, 0) is 30.5 Å². The highest BCUT2D eigenvalue weighted by molar-refractivity contribution is 5.79. The SMILES string of the molecule is COc1ccc(CNC(=O)NC2CCC(C(=O)N3CCc4ccc(C(F)(F)F)cc4C3)CC2)cc1. The third kappa shape index (κ3) is 6.26. The van der Waals surface area contributed by atoms with E-state index < -0.39 is 11.7 Å². The first-order valence-electron chi connectivity index (χ1n) is 11.9. The van der Waals surface area contributed by atoms with Crippen LogP contribution in [0, 0.1) is 5.92 Å². The van der Waals surface area contributed by atoms with Crippen molar-refractivity contribution in [1.82, 2.24) is 15.5 Å². The van der Waals surface area contributed by atoms with E-state index in [4.69, 9.17) is 4.74 Å². The second-order valence-corrected chi connectivity index (χ2v) is 9.21. The fourth-order valence-corrected chi connectivity index (χ4v) is 4.83. The van der Waals surface area contributed by atoms with E-state index in [2.05, 4.69) is 10.6 Å². The van der Waals surface area contributed by atoms with Gasteiger partial charge in [0, 0.05) is 31.6 Å². The molecule has 0 spiro atoms. The number of rotatable bonds is 5. The number of urea groups is 1. The number of halogens is 3. The Labute approximate surface area is 202 Å². The van der Waals surface area contributed by atoms with Crippen LogP contribution in [0.25, 0.3) is 0 Å². The van der Waals surface area contributed by atoms with E-state index in [0.29, 0.717) is 50.8 Å². The molecule has 6 nitrogen and oxygen atoms in total. The minimum atomic E-state index is -4.40. The molecule has 2 aliphatic rings. The molecule has 0 atom stereocenters. The monoisotopic (exact) mass is 489 g/mol. The Morgan fingerprint density at radius 2 is 1.74 bits per heavy atom. The molecular weight excluding hydrogens is 459 g/mol. The van der Waals surface area contributed by atoms with Crippen molar-refractivity contribution in [1.29, 1.82) is 0 Å². The molecule has 9 heteroatoms. The number of alkyl halides is 3. The summed E-state index contributed by atoms with van der Waals surface area (Å²) in [6.07, 6.45) is -1.16. The summed E-state index contributed by atoms with van der Waals surface area (Å²) in [5.41, 5.74) is 1.72. The second kappa shape index (κ2) is 10.6. The molecule has 3 amide bonds. The quantitative estimate of drug-likeness (QED) is 0.642. The topological polar surface area (TPSA) is 70.7 Å². The van der Waals surface area contributed by atoms with Gasteiger partial charge in [0.15, 0.2) is 0 Å². The fraction of sp³-hybridized carbons (Fsp3) is 0.462. The molecule has 0 unspecified atom stereocenters. The van der Waals surface area contributed by atoms with E-state index in [1.807, 2.05) is 24.3 Å². The van der Waals surface area contributed by atoms with E-state index in [9.17, 15) is 22.8 Å². The minimum Gasteiger partial charge on any atom is -0.497 e. The van der Waals surface area contributed by atoms with E-state index in [1.54, 1.807) is 12.0 Å². The van der Waals surface area contributed by atoms with Crippen molar-refractivity contribution in [2.75, 3.05) is 13.7 Å². The van der Waals surface area contributed by atoms with Gasteiger partial charge < -0.3 is 20.3 Å². The molecule has 4 rings (SSSR count). The summed E-state index contributed by atoms with van der Waals surface area (Å²) in [6, 6.07) is 11.0. The van der Waals surface area contributed by atoms with E-state index >= 15 is 0 Å². The average molecular weight is 490 g/mol. The molecule has 2 N–H and O–H groups in total. The summed E-state index contributed by atoms with van der Waals surface area (Å²) < 4.78 is 44.3. The lowest BCUT2D eigenvalue weighted by molar-refractivity contribution is -0.137. The number of ether oxygens (including phenoxy) is 1. The molecule has 0 radical (unpaired) electrons. The van der Waals surface area contributed by atoms with Crippen LogP contribution >= 0.6 is 0 Å². The van der Waals surface area contributed by atoms with Crippen molar-refractivity contribution in [2.24, 2.45) is 5.92 Å². The molecule has 0 bridgehead atoms. The number of hydrogen-bond acceptors (Lipinski definition) is 3. The largest absolute Gasteiger partial charge is 0.497 e. The van der Waals surface area contributed by atoms with E-state index in [0.717, 1.165) is 22.9 Å². The van der Waals surface area contributed by atoms with Crippen molar-refractivity contribution >= 4 is 11.9 Å². The Hall–Kier alpha value is -3.23. The van der Waals surface area contributed by atoms with Crippen molar-refractivity contribution < 1.29 is 27.5 Å². The summed E-state index contributed by atoms with van der Waals surface area (Å²) >= 11 is 0. The molecule has 0 saturated heterocycles. The van der Waals surface area contributed by atoms with Gasteiger partial charge in [-0.25, -0.2) is 4.79 Å². The first kappa shape index (κ1) is 24.9. The molecule has 0 aromatic heterocycles. The molecule has 1 aliphatic carbocycles. The van der Waals surface area contributed by atoms with Gasteiger partial charge in [-0.1, -0.05) is 18.2 Å². The Kier molecular flexibility index (Phi) is 7.52. The van der Waals surface area contributed by atoms with Gasteiger partial charge >= 0.3 is 12.2 Å². The smallest absolute Gasteiger partial charge is 0.416 e. The molecule has 1 aliphatic heterocycles. The van der Waals surface area contributed by atoms with E-state index in [-0.39, 0.29) is 30.4 Å². The van der Waals surface area contributed by atoms with Gasteiger partial charge in [-0.15, -0.1) is 0 Å². The predicted octanol–water partition coefficient (Wildman–Crippen LogP) is 4.66. The Morgan fingerprint density at radius 3 is 2.40 bits per heavy atom. The van der Waals surface area contributed by atoms with Gasteiger partial charge in [-0.05, 0) is 73.1 Å². The normalized spacial score (nSPS) is 20.1. The van der Waals surface area contributed by atoms with Crippen molar-refractivity contribution in [3.8, 4) is 5.75 Å². The summed E-state index contributed by atoms with van der Waals surface area (Å²) in [6.45, 7) is 1.13. The standard InChI is InChI=1S/C26H30F3N3O3/c1-35-23-10-2-17(3-11-23)15-30-25(34)31-22-8-5-19(6-9-22)24(33)32-13-12-18-4-7-21(26(27,28)29)14-20(18)16-32/h2-4,7,10-11,14,19,22H,5-6,8-9,12-13,15-16H2,1H3,(H2,30,31,34). The molecule has 1 fully saturated rings. The van der Waals surface area contributed by atoms with Crippen LogP contribution in [0.3, 0.4) is 0 Å². The highest BCUT2D eigenvalue weighted by Crippen LogP contribution is 2.33. The number of nitrogens with zero attached hydrogens (tertiary/aromatic N) is 1. The molecule has 2 aromatic carbocycles. The Bertz CT molecular complexity index is 1050. The predicted molar refractivity (Wildman–Crippen MR) is 125 cm³/mol. The van der Waals surface area contributed by atoms with E-state index in [1.165, 1.54) is 12.1 Å².